The lowest BCUT2D eigenvalue weighted by Gasteiger charge is -2.20. The van der Waals surface area contributed by atoms with E-state index < -0.39 is 0 Å². The highest BCUT2D eigenvalue weighted by Gasteiger charge is 2.20. The number of pyridine rings is 2. The average Bonchev–Trinajstić information content (AvgIpc) is 3.26. The van der Waals surface area contributed by atoms with Crippen LogP contribution in [0.2, 0.25) is 0 Å². The number of carbonyl (C=O) groups is 2. The summed E-state index contributed by atoms with van der Waals surface area (Å²) in [5.41, 5.74) is 2.52. The third-order valence-electron chi connectivity index (χ3n) is 5.51. The van der Waals surface area contributed by atoms with Crippen LogP contribution in [0.3, 0.4) is 0 Å². The molecular formula is C24H23FN6O2. The average molecular weight is 446 g/mol. The Balaban J connectivity index is 1.63. The molecule has 1 aromatic carbocycles. The van der Waals surface area contributed by atoms with Crippen LogP contribution in [0.25, 0.3) is 16.6 Å². The molecule has 4 rings (SSSR count). The second kappa shape index (κ2) is 9.15. The largest absolute Gasteiger partial charge is 0.345 e. The first-order valence-electron chi connectivity index (χ1n) is 10.5. The predicted octanol–water partition coefficient (Wildman–Crippen LogP) is 3.82. The minimum Gasteiger partial charge on any atom is -0.345 e. The maximum absolute atomic E-state index is 13.3. The van der Waals surface area contributed by atoms with E-state index in [0.717, 1.165) is 5.56 Å². The number of benzene rings is 1. The zero-order valence-electron chi connectivity index (χ0n) is 18.5. The van der Waals surface area contributed by atoms with Crippen LogP contribution in [0, 0.1) is 5.82 Å². The second-order valence-corrected chi connectivity index (χ2v) is 7.61. The van der Waals surface area contributed by atoms with E-state index in [0.29, 0.717) is 34.4 Å². The molecule has 1 atom stereocenters. The van der Waals surface area contributed by atoms with Gasteiger partial charge in [0.25, 0.3) is 5.91 Å². The van der Waals surface area contributed by atoms with Gasteiger partial charge < -0.3 is 10.2 Å². The highest BCUT2D eigenvalue weighted by Crippen LogP contribution is 2.24. The molecule has 3 aromatic heterocycles. The summed E-state index contributed by atoms with van der Waals surface area (Å²) in [7, 11) is 1.65. The molecule has 168 valence electrons. The molecule has 0 fully saturated rings. The monoisotopic (exact) mass is 446 g/mol. The van der Waals surface area contributed by atoms with Crippen molar-refractivity contribution < 1.29 is 14.0 Å². The fourth-order valence-electron chi connectivity index (χ4n) is 3.56. The number of aromatic nitrogens is 4. The van der Waals surface area contributed by atoms with Crippen LogP contribution >= 0.6 is 0 Å². The lowest BCUT2D eigenvalue weighted by molar-refractivity contribution is -0.116. The Morgan fingerprint density at radius 1 is 1.15 bits per heavy atom. The molecule has 3 heterocycles. The number of nitrogens with one attached hydrogen (secondary N) is 1. The molecular weight excluding hydrogens is 423 g/mol. The van der Waals surface area contributed by atoms with Crippen molar-refractivity contribution in [1.82, 2.24) is 25.1 Å². The third-order valence-corrected chi connectivity index (χ3v) is 5.51. The van der Waals surface area contributed by atoms with Gasteiger partial charge in [-0.15, -0.1) is 0 Å². The molecule has 0 unspecified atom stereocenters. The van der Waals surface area contributed by atoms with E-state index in [1.807, 2.05) is 13.0 Å². The molecule has 33 heavy (non-hydrogen) atoms. The molecule has 9 heteroatoms. The van der Waals surface area contributed by atoms with Crippen LogP contribution in [-0.4, -0.2) is 38.6 Å². The molecule has 0 spiro atoms. The van der Waals surface area contributed by atoms with Crippen molar-refractivity contribution in [1.29, 1.82) is 0 Å². The van der Waals surface area contributed by atoms with E-state index in [2.05, 4.69) is 20.4 Å². The quantitative estimate of drug-likeness (QED) is 0.486. The number of nitrogens with zero attached hydrogens (tertiary/aromatic N) is 5. The van der Waals surface area contributed by atoms with Gasteiger partial charge in [-0.2, -0.15) is 5.10 Å². The van der Waals surface area contributed by atoms with Crippen molar-refractivity contribution >= 4 is 28.5 Å². The molecule has 8 nitrogen and oxygen atoms in total. The Labute approximate surface area is 190 Å². The summed E-state index contributed by atoms with van der Waals surface area (Å²) in [6, 6.07) is 9.25. The molecule has 0 radical (unpaired) electrons. The molecule has 0 saturated heterocycles. The highest BCUT2D eigenvalue weighted by atomic mass is 19.1. The number of rotatable bonds is 6. The first kappa shape index (κ1) is 22.1. The highest BCUT2D eigenvalue weighted by molar-refractivity contribution is 6.06. The molecule has 0 aliphatic rings. The summed E-state index contributed by atoms with van der Waals surface area (Å²) in [4.78, 5) is 34.8. The number of hydrogen-bond acceptors (Lipinski definition) is 5. The first-order chi connectivity index (χ1) is 15.9. The molecule has 2 amide bonds. The summed E-state index contributed by atoms with van der Waals surface area (Å²) in [5, 5.41) is 8.05. The minimum absolute atomic E-state index is 0.132. The third kappa shape index (κ3) is 4.43. The molecule has 0 aliphatic heterocycles. The standard InChI is InChI=1S/C24H23FN6O2/c1-4-21(16-9-10-27-23(11-16)30(3)15(2)32)29-24(33)20-12-26-14-22-19(20)13-28-31(22)18-7-5-17(25)6-8-18/h5-14,21H,4H2,1-3H3,(H,29,33)/t21-/m0/s1. The Hall–Kier alpha value is -4.14. The Morgan fingerprint density at radius 3 is 2.61 bits per heavy atom. The molecule has 1 N–H and O–H groups in total. The fourth-order valence-corrected chi connectivity index (χ4v) is 3.56. The van der Waals surface area contributed by atoms with E-state index >= 15 is 0 Å². The van der Waals surface area contributed by atoms with Crippen LogP contribution < -0.4 is 10.2 Å². The zero-order valence-corrected chi connectivity index (χ0v) is 18.5. The van der Waals surface area contributed by atoms with Crippen molar-refractivity contribution in [2.75, 3.05) is 11.9 Å². The van der Waals surface area contributed by atoms with Gasteiger partial charge in [-0.05, 0) is 48.4 Å². The van der Waals surface area contributed by atoms with E-state index in [1.165, 1.54) is 30.2 Å². The van der Waals surface area contributed by atoms with E-state index in [4.69, 9.17) is 0 Å². The normalized spacial score (nSPS) is 11.9. The van der Waals surface area contributed by atoms with Gasteiger partial charge in [-0.1, -0.05) is 6.92 Å². The van der Waals surface area contributed by atoms with Gasteiger partial charge in [-0.3, -0.25) is 14.6 Å². The predicted molar refractivity (Wildman–Crippen MR) is 123 cm³/mol. The SMILES string of the molecule is CC[C@H](NC(=O)c1cncc2c1cnn2-c1ccc(F)cc1)c1ccnc(N(C)C(C)=O)c1. The van der Waals surface area contributed by atoms with E-state index in [-0.39, 0.29) is 23.7 Å². The lowest BCUT2D eigenvalue weighted by Crippen LogP contribution is -2.29. The van der Waals surface area contributed by atoms with Crippen LogP contribution in [0.4, 0.5) is 10.2 Å². The number of halogens is 1. The van der Waals surface area contributed by atoms with Crippen LogP contribution in [0.15, 0.2) is 61.2 Å². The number of fused-ring (bicyclic) bond motifs is 1. The first-order valence-corrected chi connectivity index (χ1v) is 10.5. The maximum atomic E-state index is 13.3. The van der Waals surface area contributed by atoms with Crippen molar-refractivity contribution in [2.24, 2.45) is 0 Å². The molecule has 0 saturated carbocycles. The molecule has 0 aliphatic carbocycles. The van der Waals surface area contributed by atoms with Gasteiger partial charge in [0.2, 0.25) is 5.91 Å². The van der Waals surface area contributed by atoms with Gasteiger partial charge in [0.05, 0.1) is 35.2 Å². The second-order valence-electron chi connectivity index (χ2n) is 7.61. The van der Waals surface area contributed by atoms with Crippen molar-refractivity contribution in [3.05, 3.63) is 78.1 Å². The van der Waals surface area contributed by atoms with E-state index in [9.17, 15) is 14.0 Å². The summed E-state index contributed by atoms with van der Waals surface area (Å²) in [6.07, 6.45) is 6.98. The van der Waals surface area contributed by atoms with Crippen LogP contribution in [-0.2, 0) is 4.79 Å². The minimum atomic E-state index is -0.340. The maximum Gasteiger partial charge on any atom is 0.254 e. The number of amides is 2. The fraction of sp³-hybridized carbons (Fsp3) is 0.208. The topological polar surface area (TPSA) is 93.0 Å². The molecule has 0 bridgehead atoms. The number of hydrogen-bond donors (Lipinski definition) is 1. The van der Waals surface area contributed by atoms with Crippen molar-refractivity contribution in [2.45, 2.75) is 26.3 Å². The van der Waals surface area contributed by atoms with Crippen molar-refractivity contribution in [3.8, 4) is 5.69 Å². The van der Waals surface area contributed by atoms with E-state index in [1.54, 1.807) is 48.5 Å². The summed E-state index contributed by atoms with van der Waals surface area (Å²) < 4.78 is 14.9. The smallest absolute Gasteiger partial charge is 0.254 e. The Kier molecular flexibility index (Phi) is 6.12. The van der Waals surface area contributed by atoms with Crippen molar-refractivity contribution in [3.63, 3.8) is 0 Å². The van der Waals surface area contributed by atoms with Gasteiger partial charge in [0.1, 0.15) is 11.6 Å². The van der Waals surface area contributed by atoms with Gasteiger partial charge in [-0.25, -0.2) is 14.1 Å². The summed E-state index contributed by atoms with van der Waals surface area (Å²) >= 11 is 0. The molecule has 4 aromatic rings. The number of carbonyl (C=O) groups excluding carboxylic acids is 2. The Morgan fingerprint density at radius 2 is 1.91 bits per heavy atom. The Bertz CT molecular complexity index is 1320. The van der Waals surface area contributed by atoms with Gasteiger partial charge >= 0.3 is 0 Å². The zero-order chi connectivity index (χ0) is 23.5. The lowest BCUT2D eigenvalue weighted by atomic mass is 10.0. The van der Waals surface area contributed by atoms with Crippen LogP contribution in [0.5, 0.6) is 0 Å². The van der Waals surface area contributed by atoms with Crippen LogP contribution in [0.1, 0.15) is 42.2 Å². The van der Waals surface area contributed by atoms with Gasteiger partial charge in [0, 0.05) is 31.8 Å². The van der Waals surface area contributed by atoms with Gasteiger partial charge in [0.15, 0.2) is 0 Å². The summed E-state index contributed by atoms with van der Waals surface area (Å²) in [5.74, 6) is -0.255. The number of anilines is 1. The summed E-state index contributed by atoms with van der Waals surface area (Å²) in [6.45, 7) is 3.43.